The minimum absolute atomic E-state index is 0.405. The van der Waals surface area contributed by atoms with Gasteiger partial charge in [-0.1, -0.05) is 18.2 Å². The average Bonchev–Trinajstić information content (AvgIpc) is 2.80. The van der Waals surface area contributed by atoms with Crippen molar-refractivity contribution in [1.29, 1.82) is 0 Å². The summed E-state index contributed by atoms with van der Waals surface area (Å²) in [6.07, 6.45) is 1.59. The third kappa shape index (κ3) is 3.74. The molecule has 1 aliphatic heterocycles. The van der Waals surface area contributed by atoms with Crippen LogP contribution in [0.3, 0.4) is 0 Å². The van der Waals surface area contributed by atoms with Gasteiger partial charge in [0, 0.05) is 23.7 Å². The van der Waals surface area contributed by atoms with Crippen molar-refractivity contribution in [3.05, 3.63) is 34.9 Å². The lowest BCUT2D eigenvalue weighted by Crippen LogP contribution is -2.22. The summed E-state index contributed by atoms with van der Waals surface area (Å²) in [6, 6.07) is 7.21. The zero-order valence-electron chi connectivity index (χ0n) is 12.4. The van der Waals surface area contributed by atoms with Gasteiger partial charge in [0.1, 0.15) is 0 Å². The largest absolute Gasteiger partial charge is 0.377 e. The van der Waals surface area contributed by atoms with Crippen LogP contribution in [0.2, 0.25) is 0 Å². The van der Waals surface area contributed by atoms with E-state index in [1.165, 1.54) is 23.1 Å². The topological polar surface area (TPSA) is 21.3 Å². The molecule has 1 saturated heterocycles. The second kappa shape index (κ2) is 6.78. The Kier molecular flexibility index (Phi) is 5.31. The van der Waals surface area contributed by atoms with Crippen LogP contribution < -0.4 is 5.32 Å². The highest BCUT2D eigenvalue weighted by Gasteiger charge is 2.25. The van der Waals surface area contributed by atoms with Crippen molar-refractivity contribution in [2.75, 3.05) is 19.4 Å². The Morgan fingerprint density at radius 3 is 2.74 bits per heavy atom. The van der Waals surface area contributed by atoms with E-state index < -0.39 is 0 Å². The van der Waals surface area contributed by atoms with Crippen LogP contribution >= 0.6 is 11.8 Å². The maximum Gasteiger partial charge on any atom is 0.0666 e. The van der Waals surface area contributed by atoms with Gasteiger partial charge in [-0.3, -0.25) is 0 Å². The molecule has 2 nitrogen and oxygen atoms in total. The lowest BCUT2D eigenvalue weighted by atomic mass is 10.0. The fourth-order valence-corrected chi connectivity index (χ4v) is 3.89. The monoisotopic (exact) mass is 279 g/mol. The van der Waals surface area contributed by atoms with Crippen molar-refractivity contribution in [3.8, 4) is 0 Å². The number of thioether (sulfide) groups is 1. The maximum atomic E-state index is 5.63. The number of rotatable bonds is 5. The minimum atomic E-state index is 0.405. The molecule has 0 bridgehead atoms. The summed E-state index contributed by atoms with van der Waals surface area (Å²) in [5, 5.41) is 4.10. The number of ether oxygens (including phenoxy) is 1. The van der Waals surface area contributed by atoms with Crippen LogP contribution in [0.4, 0.5) is 0 Å². The highest BCUT2D eigenvalue weighted by molar-refractivity contribution is 8.00. The van der Waals surface area contributed by atoms with Gasteiger partial charge in [0.25, 0.3) is 0 Å². The molecule has 0 amide bonds. The van der Waals surface area contributed by atoms with Crippen LogP contribution in [0, 0.1) is 13.8 Å². The highest BCUT2D eigenvalue weighted by atomic mass is 32.2. The van der Waals surface area contributed by atoms with E-state index in [4.69, 9.17) is 4.74 Å². The van der Waals surface area contributed by atoms with Gasteiger partial charge >= 0.3 is 0 Å². The third-order valence-electron chi connectivity index (χ3n) is 4.07. The maximum absolute atomic E-state index is 5.63. The molecule has 2 rings (SSSR count). The molecule has 1 aromatic rings. The van der Waals surface area contributed by atoms with Gasteiger partial charge in [-0.2, -0.15) is 11.8 Å². The molecule has 106 valence electrons. The number of hydrogen-bond donors (Lipinski definition) is 1. The molecular weight excluding hydrogens is 254 g/mol. The van der Waals surface area contributed by atoms with E-state index in [1.807, 2.05) is 11.8 Å². The summed E-state index contributed by atoms with van der Waals surface area (Å²) in [7, 11) is 2.05. The standard InChI is InChI=1S/C16H25NOS/c1-11-5-6-14(9-12(11)2)15(17-4)10-19-16-7-8-18-13(16)3/h5-6,9,13,15-17H,7-8,10H2,1-4H3. The Bertz CT molecular complexity index is 421. The number of benzene rings is 1. The van der Waals surface area contributed by atoms with E-state index in [1.54, 1.807) is 0 Å². The summed E-state index contributed by atoms with van der Waals surface area (Å²) in [4.78, 5) is 0. The molecule has 3 atom stereocenters. The summed E-state index contributed by atoms with van der Waals surface area (Å²) in [5.41, 5.74) is 4.13. The second-order valence-corrected chi connectivity index (χ2v) is 6.69. The average molecular weight is 279 g/mol. The summed E-state index contributed by atoms with van der Waals surface area (Å²) in [5.74, 6) is 1.11. The van der Waals surface area contributed by atoms with Crippen LogP contribution in [0.15, 0.2) is 18.2 Å². The van der Waals surface area contributed by atoms with Gasteiger partial charge in [-0.25, -0.2) is 0 Å². The highest BCUT2D eigenvalue weighted by Crippen LogP contribution is 2.30. The van der Waals surface area contributed by atoms with E-state index in [0.717, 1.165) is 12.4 Å². The lowest BCUT2D eigenvalue weighted by molar-refractivity contribution is 0.127. The normalized spacial score (nSPS) is 24.6. The quantitative estimate of drug-likeness (QED) is 0.891. The van der Waals surface area contributed by atoms with Crippen LogP contribution in [-0.4, -0.2) is 30.8 Å². The number of hydrogen-bond acceptors (Lipinski definition) is 3. The van der Waals surface area contributed by atoms with Crippen LogP contribution in [0.25, 0.3) is 0 Å². The van der Waals surface area contributed by atoms with E-state index in [-0.39, 0.29) is 0 Å². The molecule has 0 aliphatic carbocycles. The van der Waals surface area contributed by atoms with Gasteiger partial charge in [0.2, 0.25) is 0 Å². The minimum Gasteiger partial charge on any atom is -0.377 e. The molecule has 0 aromatic heterocycles. The van der Waals surface area contributed by atoms with Gasteiger partial charge in [0.15, 0.2) is 0 Å². The Morgan fingerprint density at radius 1 is 1.37 bits per heavy atom. The van der Waals surface area contributed by atoms with Crippen molar-refractivity contribution in [2.24, 2.45) is 0 Å². The molecule has 1 heterocycles. The molecule has 1 fully saturated rings. The van der Waals surface area contributed by atoms with Crippen LogP contribution in [0.5, 0.6) is 0 Å². The zero-order valence-corrected chi connectivity index (χ0v) is 13.2. The Balaban J connectivity index is 1.97. The van der Waals surface area contributed by atoms with Crippen molar-refractivity contribution in [1.82, 2.24) is 5.32 Å². The molecule has 3 unspecified atom stereocenters. The molecule has 1 aromatic carbocycles. The Morgan fingerprint density at radius 2 is 2.16 bits per heavy atom. The lowest BCUT2D eigenvalue weighted by Gasteiger charge is -2.21. The van der Waals surface area contributed by atoms with Crippen molar-refractivity contribution >= 4 is 11.8 Å². The first kappa shape index (κ1) is 14.9. The predicted molar refractivity (Wildman–Crippen MR) is 84.0 cm³/mol. The van der Waals surface area contributed by atoms with Crippen LogP contribution in [-0.2, 0) is 4.74 Å². The summed E-state index contributed by atoms with van der Waals surface area (Å²) < 4.78 is 5.63. The van der Waals surface area contributed by atoms with Gasteiger partial charge in [0.05, 0.1) is 6.10 Å². The summed E-state index contributed by atoms with van der Waals surface area (Å²) in [6.45, 7) is 7.47. The van der Waals surface area contributed by atoms with Crippen LogP contribution in [0.1, 0.15) is 36.1 Å². The SMILES string of the molecule is CNC(CSC1CCOC1C)c1ccc(C)c(C)c1. The van der Waals surface area contributed by atoms with E-state index in [0.29, 0.717) is 17.4 Å². The second-order valence-electron chi connectivity index (χ2n) is 5.42. The number of aryl methyl sites for hydroxylation is 2. The first-order chi connectivity index (χ1) is 9.11. The first-order valence-corrected chi connectivity index (χ1v) is 8.14. The summed E-state index contributed by atoms with van der Waals surface area (Å²) >= 11 is 2.04. The molecule has 1 N–H and O–H groups in total. The van der Waals surface area contributed by atoms with Crippen molar-refractivity contribution in [3.63, 3.8) is 0 Å². The van der Waals surface area contributed by atoms with Crippen molar-refractivity contribution in [2.45, 2.75) is 44.6 Å². The molecular formula is C16H25NOS. The molecule has 1 aliphatic rings. The fraction of sp³-hybridized carbons (Fsp3) is 0.625. The Hall–Kier alpha value is -0.510. The fourth-order valence-electron chi connectivity index (χ4n) is 2.48. The van der Waals surface area contributed by atoms with Gasteiger partial charge in [-0.15, -0.1) is 0 Å². The number of nitrogens with one attached hydrogen (secondary N) is 1. The van der Waals surface area contributed by atoms with E-state index >= 15 is 0 Å². The van der Waals surface area contributed by atoms with Crippen molar-refractivity contribution < 1.29 is 4.74 Å². The Labute approximate surface area is 121 Å². The zero-order chi connectivity index (χ0) is 13.8. The molecule has 3 heteroatoms. The van der Waals surface area contributed by atoms with E-state index in [2.05, 4.69) is 51.3 Å². The van der Waals surface area contributed by atoms with E-state index in [9.17, 15) is 0 Å². The third-order valence-corrected chi connectivity index (χ3v) is 5.64. The molecule has 0 saturated carbocycles. The predicted octanol–water partition coefficient (Wildman–Crippen LogP) is 3.47. The first-order valence-electron chi connectivity index (χ1n) is 7.09. The molecule has 0 spiro atoms. The smallest absolute Gasteiger partial charge is 0.0666 e. The molecule has 19 heavy (non-hydrogen) atoms. The molecule has 0 radical (unpaired) electrons. The van der Waals surface area contributed by atoms with Gasteiger partial charge in [-0.05, 0) is 50.9 Å². The van der Waals surface area contributed by atoms with Gasteiger partial charge < -0.3 is 10.1 Å².